The van der Waals surface area contributed by atoms with E-state index in [0.717, 1.165) is 32.4 Å². The fourth-order valence-corrected chi connectivity index (χ4v) is 2.83. The van der Waals surface area contributed by atoms with Crippen molar-refractivity contribution in [3.63, 3.8) is 0 Å². The van der Waals surface area contributed by atoms with Gasteiger partial charge in [-0.25, -0.2) is 4.79 Å². The molecule has 3 rings (SSSR count). The van der Waals surface area contributed by atoms with Gasteiger partial charge in [0.25, 0.3) is 11.2 Å². The Morgan fingerprint density at radius 1 is 1.07 bits per heavy atom. The minimum Gasteiger partial charge on any atom is -0.404 e. The molecule has 1 aliphatic heterocycles. The zero-order valence-corrected chi connectivity index (χ0v) is 14.6. The summed E-state index contributed by atoms with van der Waals surface area (Å²) in [4.78, 5) is 36.6. The van der Waals surface area contributed by atoms with Gasteiger partial charge in [0.15, 0.2) is 0 Å². The molecule has 1 fully saturated rings. The number of hydrogen-bond donors (Lipinski definition) is 0. The van der Waals surface area contributed by atoms with Crippen LogP contribution >= 0.6 is 0 Å². The van der Waals surface area contributed by atoms with E-state index in [4.69, 9.17) is 4.74 Å². The SMILES string of the molecule is O=C(OC(=Cn1ccccc1=O)N1CCCCC1)c1ccc([N+](=O)[O-])cc1. The molecule has 8 heteroatoms. The maximum atomic E-state index is 12.5. The number of ether oxygens (including phenoxy) is 1. The molecule has 8 nitrogen and oxygen atoms in total. The third-order valence-electron chi connectivity index (χ3n) is 4.28. The van der Waals surface area contributed by atoms with Crippen molar-refractivity contribution in [3.05, 3.63) is 80.6 Å². The standard InChI is InChI=1S/C19H19N3O5/c23-17-6-2-5-13-21(17)14-18(20-11-3-1-4-12-20)27-19(24)15-7-9-16(10-8-15)22(25)26/h2,5-10,13-14H,1,3-4,11-12H2. The average molecular weight is 369 g/mol. The number of benzene rings is 1. The number of likely N-dealkylation sites (tertiary alicyclic amines) is 1. The number of esters is 1. The average Bonchev–Trinajstić information content (AvgIpc) is 2.69. The van der Waals surface area contributed by atoms with Crippen LogP contribution in [0.3, 0.4) is 0 Å². The molecule has 0 N–H and O–H groups in total. The Morgan fingerprint density at radius 3 is 2.41 bits per heavy atom. The van der Waals surface area contributed by atoms with E-state index in [1.165, 1.54) is 41.1 Å². The van der Waals surface area contributed by atoms with Gasteiger partial charge in [-0.1, -0.05) is 6.07 Å². The first kappa shape index (κ1) is 18.4. The smallest absolute Gasteiger partial charge is 0.344 e. The molecule has 1 saturated heterocycles. The summed E-state index contributed by atoms with van der Waals surface area (Å²) in [5.74, 6) is -0.350. The lowest BCUT2D eigenvalue weighted by molar-refractivity contribution is -0.384. The normalized spacial score (nSPS) is 14.7. The molecule has 2 aromatic rings. The van der Waals surface area contributed by atoms with Gasteiger partial charge in [-0.3, -0.25) is 19.5 Å². The number of nitrogens with zero attached hydrogens (tertiary/aromatic N) is 3. The van der Waals surface area contributed by atoms with Gasteiger partial charge >= 0.3 is 5.97 Å². The van der Waals surface area contributed by atoms with Crippen LogP contribution in [-0.4, -0.2) is 33.4 Å². The summed E-state index contributed by atoms with van der Waals surface area (Å²) in [6.07, 6.45) is 6.13. The van der Waals surface area contributed by atoms with Crippen LogP contribution in [0.1, 0.15) is 29.6 Å². The fourth-order valence-electron chi connectivity index (χ4n) is 2.83. The number of nitro benzene ring substituents is 1. The number of pyridine rings is 1. The van der Waals surface area contributed by atoms with Gasteiger partial charge in [-0.2, -0.15) is 0 Å². The highest BCUT2D eigenvalue weighted by atomic mass is 16.6. The van der Waals surface area contributed by atoms with Crippen molar-refractivity contribution in [2.24, 2.45) is 0 Å². The van der Waals surface area contributed by atoms with E-state index in [9.17, 15) is 19.7 Å². The Kier molecular flexibility index (Phi) is 5.65. The van der Waals surface area contributed by atoms with E-state index < -0.39 is 10.9 Å². The van der Waals surface area contributed by atoms with Crippen molar-refractivity contribution < 1.29 is 14.5 Å². The molecule has 0 unspecified atom stereocenters. The summed E-state index contributed by atoms with van der Waals surface area (Å²) >= 11 is 0. The molecule has 0 aliphatic carbocycles. The maximum Gasteiger partial charge on any atom is 0.344 e. The molecule has 1 aromatic carbocycles. The Hall–Kier alpha value is -3.42. The van der Waals surface area contributed by atoms with Gasteiger partial charge in [0.05, 0.1) is 16.7 Å². The minimum atomic E-state index is -0.634. The van der Waals surface area contributed by atoms with Crippen LogP contribution in [0.25, 0.3) is 6.20 Å². The minimum absolute atomic E-state index is 0.103. The second-order valence-corrected chi connectivity index (χ2v) is 6.15. The van der Waals surface area contributed by atoms with Crippen molar-refractivity contribution in [1.29, 1.82) is 0 Å². The van der Waals surface area contributed by atoms with Crippen LogP contribution in [0, 0.1) is 10.1 Å². The molecule has 0 atom stereocenters. The van der Waals surface area contributed by atoms with Crippen molar-refractivity contribution in [2.75, 3.05) is 13.1 Å². The monoisotopic (exact) mass is 369 g/mol. The molecule has 27 heavy (non-hydrogen) atoms. The third-order valence-corrected chi connectivity index (χ3v) is 4.28. The number of carbonyl (C=O) groups is 1. The van der Waals surface area contributed by atoms with Gasteiger partial charge in [-0.15, -0.1) is 0 Å². The van der Waals surface area contributed by atoms with Crippen LogP contribution < -0.4 is 5.56 Å². The van der Waals surface area contributed by atoms with Crippen LogP contribution in [-0.2, 0) is 4.74 Å². The van der Waals surface area contributed by atoms with Crippen molar-refractivity contribution in [1.82, 2.24) is 9.47 Å². The molecule has 0 spiro atoms. The molecule has 0 bridgehead atoms. The van der Waals surface area contributed by atoms with Crippen LogP contribution in [0.2, 0.25) is 0 Å². The third kappa shape index (κ3) is 4.60. The Labute approximate surface area is 155 Å². The molecular formula is C19H19N3O5. The van der Waals surface area contributed by atoms with E-state index in [-0.39, 0.29) is 22.7 Å². The first-order chi connectivity index (χ1) is 13.0. The van der Waals surface area contributed by atoms with Gasteiger partial charge in [0.1, 0.15) is 0 Å². The van der Waals surface area contributed by atoms with E-state index in [1.54, 1.807) is 18.3 Å². The molecule has 0 saturated carbocycles. The predicted octanol–water partition coefficient (Wildman–Crippen LogP) is 2.86. The Bertz CT molecular complexity index is 911. The van der Waals surface area contributed by atoms with Crippen molar-refractivity contribution >= 4 is 17.9 Å². The largest absolute Gasteiger partial charge is 0.404 e. The lowest BCUT2D eigenvalue weighted by Crippen LogP contribution is -2.32. The lowest BCUT2D eigenvalue weighted by Gasteiger charge is -2.29. The molecule has 1 aromatic heterocycles. The Morgan fingerprint density at radius 2 is 1.78 bits per heavy atom. The second-order valence-electron chi connectivity index (χ2n) is 6.15. The van der Waals surface area contributed by atoms with E-state index in [2.05, 4.69) is 0 Å². The summed E-state index contributed by atoms with van der Waals surface area (Å²) in [5, 5.41) is 10.7. The molecule has 2 heterocycles. The van der Waals surface area contributed by atoms with Gasteiger partial charge in [0.2, 0.25) is 5.88 Å². The maximum absolute atomic E-state index is 12.5. The second kappa shape index (κ2) is 8.31. The topological polar surface area (TPSA) is 94.7 Å². The molecule has 0 radical (unpaired) electrons. The van der Waals surface area contributed by atoms with Crippen LogP contribution in [0.15, 0.2) is 59.3 Å². The zero-order chi connectivity index (χ0) is 19.2. The van der Waals surface area contributed by atoms with Gasteiger partial charge < -0.3 is 9.64 Å². The lowest BCUT2D eigenvalue weighted by atomic mass is 10.1. The molecule has 140 valence electrons. The summed E-state index contributed by atoms with van der Waals surface area (Å²) < 4.78 is 6.91. The highest BCUT2D eigenvalue weighted by Gasteiger charge is 2.19. The molecular weight excluding hydrogens is 350 g/mol. The number of rotatable bonds is 5. The van der Waals surface area contributed by atoms with Crippen LogP contribution in [0.5, 0.6) is 0 Å². The molecule has 0 amide bonds. The molecule has 1 aliphatic rings. The number of nitro groups is 1. The highest BCUT2D eigenvalue weighted by Crippen LogP contribution is 2.19. The number of piperidine rings is 1. The first-order valence-corrected chi connectivity index (χ1v) is 8.65. The van der Waals surface area contributed by atoms with E-state index in [0.29, 0.717) is 0 Å². The summed E-state index contributed by atoms with van der Waals surface area (Å²) in [7, 11) is 0. The van der Waals surface area contributed by atoms with E-state index >= 15 is 0 Å². The highest BCUT2D eigenvalue weighted by molar-refractivity contribution is 5.90. The predicted molar refractivity (Wildman–Crippen MR) is 98.9 cm³/mol. The number of carbonyl (C=O) groups excluding carboxylic acids is 1. The summed E-state index contributed by atoms with van der Waals surface area (Å²) in [6, 6.07) is 9.97. The number of non-ortho nitro benzene ring substituents is 1. The number of hydrogen-bond acceptors (Lipinski definition) is 6. The van der Waals surface area contributed by atoms with Crippen molar-refractivity contribution in [2.45, 2.75) is 19.3 Å². The van der Waals surface area contributed by atoms with Crippen LogP contribution in [0.4, 0.5) is 5.69 Å². The zero-order valence-electron chi connectivity index (χ0n) is 14.6. The van der Waals surface area contributed by atoms with E-state index in [1.807, 2.05) is 4.90 Å². The first-order valence-electron chi connectivity index (χ1n) is 8.65. The summed E-state index contributed by atoms with van der Waals surface area (Å²) in [5.41, 5.74) is -0.142. The number of aromatic nitrogens is 1. The Balaban J connectivity index is 1.86. The van der Waals surface area contributed by atoms with Gasteiger partial charge in [-0.05, 0) is 37.5 Å². The summed E-state index contributed by atoms with van der Waals surface area (Å²) in [6.45, 7) is 1.45. The fraction of sp³-hybridized carbons (Fsp3) is 0.263. The van der Waals surface area contributed by atoms with Gasteiger partial charge in [0, 0.05) is 37.5 Å². The quantitative estimate of drug-likeness (QED) is 0.348. The van der Waals surface area contributed by atoms with Crippen molar-refractivity contribution in [3.8, 4) is 0 Å².